The molecule has 2 heterocycles. The van der Waals surface area contributed by atoms with Crippen molar-refractivity contribution in [2.75, 3.05) is 26.5 Å². The van der Waals surface area contributed by atoms with Gasteiger partial charge in [0.2, 0.25) is 5.91 Å². The van der Waals surface area contributed by atoms with Gasteiger partial charge in [0, 0.05) is 6.54 Å². The minimum absolute atomic E-state index is 0.199. The van der Waals surface area contributed by atoms with E-state index in [1.165, 1.54) is 81.5 Å². The van der Waals surface area contributed by atoms with Crippen LogP contribution in [0.3, 0.4) is 0 Å². The van der Waals surface area contributed by atoms with Crippen LogP contribution in [0, 0.1) is 5.92 Å². The van der Waals surface area contributed by atoms with Gasteiger partial charge in [0.1, 0.15) is 23.6 Å². The second-order valence-corrected chi connectivity index (χ2v) is 14.4. The van der Waals surface area contributed by atoms with E-state index in [2.05, 4.69) is 25.2 Å². The molecule has 2 saturated heterocycles. The summed E-state index contributed by atoms with van der Waals surface area (Å²) in [6.07, 6.45) is 17.7. The maximum atomic E-state index is 13.3. The van der Waals surface area contributed by atoms with E-state index in [4.69, 9.17) is 21.1 Å². The van der Waals surface area contributed by atoms with Crippen LogP contribution in [-0.4, -0.2) is 94.7 Å². The number of likely N-dealkylation sites (tertiary alicyclic amines) is 1. The minimum atomic E-state index is -1.42. The third-order valence-electron chi connectivity index (χ3n) is 9.03. The van der Waals surface area contributed by atoms with Crippen molar-refractivity contribution in [1.82, 2.24) is 10.2 Å². The summed E-state index contributed by atoms with van der Waals surface area (Å²) < 4.78 is 11.7. The quantitative estimate of drug-likeness (QED) is 0.0578. The van der Waals surface area contributed by atoms with Gasteiger partial charge in [-0.3, -0.25) is 14.5 Å². The predicted molar refractivity (Wildman–Crippen MR) is 181 cm³/mol. The molecule has 8 nitrogen and oxygen atoms in total. The summed E-state index contributed by atoms with van der Waals surface area (Å²) in [7, 11) is 1.91. The molecule has 44 heavy (non-hydrogen) atoms. The summed E-state index contributed by atoms with van der Waals surface area (Å²) in [4.78, 5) is 28.3. The summed E-state index contributed by atoms with van der Waals surface area (Å²) in [6, 6.07) is -1.11. The number of unbranched alkanes of at least 4 members (excludes halogenated alkanes) is 12. The van der Waals surface area contributed by atoms with Crippen molar-refractivity contribution in [3.05, 3.63) is 11.6 Å². The van der Waals surface area contributed by atoms with Crippen LogP contribution in [0.4, 0.5) is 0 Å². The number of hydrogen-bond acceptors (Lipinski definition) is 8. The lowest BCUT2D eigenvalue weighted by molar-refractivity contribution is -0.200. The number of carbonyl (C=O) groups is 2. The molecule has 1 amide bonds. The third kappa shape index (κ3) is 12.7. The first-order valence-electron chi connectivity index (χ1n) is 17.2. The Bertz CT molecular complexity index is 860. The van der Waals surface area contributed by atoms with Gasteiger partial charge < -0.3 is 25.0 Å². The Hall–Kier alpha value is -0.840. The Kier molecular flexibility index (Phi) is 19.5. The molecular weight excluding hydrogens is 600 g/mol. The smallest absolute Gasteiger partial charge is 0.315 e. The highest BCUT2D eigenvalue weighted by molar-refractivity contribution is 7.99. The fourth-order valence-corrected chi connectivity index (χ4v) is 7.38. The molecule has 0 spiro atoms. The van der Waals surface area contributed by atoms with Crippen LogP contribution in [0.1, 0.15) is 117 Å². The van der Waals surface area contributed by atoms with Crippen molar-refractivity contribution >= 4 is 35.2 Å². The molecule has 0 unspecified atom stereocenters. The summed E-state index contributed by atoms with van der Waals surface area (Å²) in [5, 5.41) is 24.6. The van der Waals surface area contributed by atoms with Crippen LogP contribution in [0.2, 0.25) is 0 Å². The van der Waals surface area contributed by atoms with Gasteiger partial charge in [0.05, 0.1) is 30.2 Å². The lowest BCUT2D eigenvalue weighted by atomic mass is 9.88. The SMILES string of the molecule is CC/C=C1/C[C@@H](C(=O)N[C@@H]([C@H]2O[C@H](SC)[C@H](C(=O)OCCCCCCCCCCCCCCC)[C@@H](O)[C@H]2O)[C@H](C)Cl)N(C)C1. The molecule has 2 aliphatic heterocycles. The first kappa shape index (κ1) is 39.3. The molecular formula is C34H61ClN2O6S. The van der Waals surface area contributed by atoms with Crippen molar-refractivity contribution in [1.29, 1.82) is 0 Å². The Labute approximate surface area is 276 Å². The number of rotatable bonds is 21. The highest BCUT2D eigenvalue weighted by Crippen LogP contribution is 2.35. The number of allylic oxidation sites excluding steroid dienone is 1. The number of hydrogen-bond donors (Lipinski definition) is 3. The zero-order valence-corrected chi connectivity index (χ0v) is 29.6. The van der Waals surface area contributed by atoms with E-state index in [-0.39, 0.29) is 18.6 Å². The number of carbonyl (C=O) groups excluding carboxylic acids is 2. The first-order chi connectivity index (χ1) is 21.2. The molecule has 2 rings (SSSR count). The van der Waals surface area contributed by atoms with E-state index in [0.717, 1.165) is 32.2 Å². The third-order valence-corrected chi connectivity index (χ3v) is 10.2. The van der Waals surface area contributed by atoms with Crippen molar-refractivity contribution < 1.29 is 29.3 Å². The molecule has 0 aliphatic carbocycles. The minimum Gasteiger partial charge on any atom is -0.465 e. The Balaban J connectivity index is 1.78. The Morgan fingerprint density at radius 1 is 1.02 bits per heavy atom. The van der Waals surface area contributed by atoms with Crippen LogP contribution in [-0.2, 0) is 19.1 Å². The molecule has 0 aromatic carbocycles. The van der Waals surface area contributed by atoms with Gasteiger partial charge in [-0.05, 0) is 39.5 Å². The number of thioether (sulfide) groups is 1. The monoisotopic (exact) mass is 660 g/mol. The summed E-state index contributed by atoms with van der Waals surface area (Å²) in [5.41, 5.74) is 0.471. The lowest BCUT2D eigenvalue weighted by Gasteiger charge is -2.44. The average molecular weight is 661 g/mol. The van der Waals surface area contributed by atoms with Crippen molar-refractivity contribution in [2.24, 2.45) is 5.92 Å². The van der Waals surface area contributed by atoms with Crippen molar-refractivity contribution in [3.8, 4) is 0 Å². The van der Waals surface area contributed by atoms with Gasteiger partial charge in [-0.2, -0.15) is 0 Å². The number of alkyl halides is 1. The Morgan fingerprint density at radius 2 is 1.59 bits per heavy atom. The highest BCUT2D eigenvalue weighted by atomic mass is 35.5. The fourth-order valence-electron chi connectivity index (χ4n) is 6.37. The maximum Gasteiger partial charge on any atom is 0.315 e. The zero-order valence-electron chi connectivity index (χ0n) is 28.0. The fraction of sp³-hybridized carbons (Fsp3) is 0.882. The van der Waals surface area contributed by atoms with E-state index in [1.54, 1.807) is 13.2 Å². The summed E-state index contributed by atoms with van der Waals surface area (Å²) in [6.45, 7) is 7.05. The topological polar surface area (TPSA) is 108 Å². The van der Waals surface area contributed by atoms with Crippen LogP contribution >= 0.6 is 23.4 Å². The van der Waals surface area contributed by atoms with Crippen LogP contribution in [0.5, 0.6) is 0 Å². The number of nitrogens with zero attached hydrogens (tertiary/aromatic N) is 1. The molecule has 0 aromatic rings. The molecule has 0 radical (unpaired) electrons. The number of aliphatic hydroxyl groups is 2. The second kappa shape index (κ2) is 21.9. The first-order valence-corrected chi connectivity index (χ1v) is 18.9. The van der Waals surface area contributed by atoms with Gasteiger partial charge in [0.25, 0.3) is 0 Å². The van der Waals surface area contributed by atoms with E-state index in [9.17, 15) is 19.8 Å². The lowest BCUT2D eigenvalue weighted by Crippen LogP contribution is -2.64. The molecule has 2 fully saturated rings. The predicted octanol–water partition coefficient (Wildman–Crippen LogP) is 6.20. The average Bonchev–Trinajstić information content (AvgIpc) is 3.37. The molecule has 0 bridgehead atoms. The van der Waals surface area contributed by atoms with Crippen molar-refractivity contribution in [3.63, 3.8) is 0 Å². The zero-order chi connectivity index (χ0) is 32.5. The van der Waals surface area contributed by atoms with Gasteiger partial charge in [0.15, 0.2) is 0 Å². The number of esters is 1. The van der Waals surface area contributed by atoms with Gasteiger partial charge in [-0.25, -0.2) is 0 Å². The molecule has 0 aromatic heterocycles. The van der Waals surface area contributed by atoms with Crippen LogP contribution < -0.4 is 5.32 Å². The van der Waals surface area contributed by atoms with E-state index >= 15 is 0 Å². The van der Waals surface area contributed by atoms with E-state index in [0.29, 0.717) is 6.42 Å². The molecule has 3 N–H and O–H groups in total. The largest absolute Gasteiger partial charge is 0.465 e. The van der Waals surface area contributed by atoms with E-state index in [1.807, 2.05) is 11.9 Å². The number of likely N-dealkylation sites (N-methyl/N-ethyl adjacent to an activating group) is 1. The number of halogens is 1. The molecule has 8 atom stereocenters. The standard InChI is InChI=1S/C34H61ClN2O6S/c1-6-8-9-10-11-12-13-14-15-16-17-18-19-21-42-33(41)27-29(38)30(39)31(43-34(27)44-5)28(24(3)35)36-32(40)26-22-25(20-7-2)23-37(26)4/h20,24,26-31,34,38-39H,6-19,21-23H2,1-5H3,(H,36,40)/b25-20-/t24-,26-,27-,28+,29+,30+,31+,34+/m0/s1. The molecule has 0 saturated carbocycles. The summed E-state index contributed by atoms with van der Waals surface area (Å²) in [5.74, 6) is -1.81. The second-order valence-electron chi connectivity index (χ2n) is 12.7. The molecule has 10 heteroatoms. The van der Waals surface area contributed by atoms with E-state index < -0.39 is 47.1 Å². The summed E-state index contributed by atoms with van der Waals surface area (Å²) >= 11 is 7.78. The van der Waals surface area contributed by atoms with Crippen LogP contribution in [0.25, 0.3) is 0 Å². The number of amides is 1. The Morgan fingerprint density at radius 3 is 2.11 bits per heavy atom. The number of aliphatic hydroxyl groups excluding tert-OH is 2. The number of nitrogens with one attached hydrogen (secondary N) is 1. The highest BCUT2D eigenvalue weighted by Gasteiger charge is 2.52. The van der Waals surface area contributed by atoms with Crippen LogP contribution in [0.15, 0.2) is 11.6 Å². The molecule has 256 valence electrons. The van der Waals surface area contributed by atoms with Crippen molar-refractivity contribution in [2.45, 2.75) is 158 Å². The molecule has 2 aliphatic rings. The number of ether oxygens (including phenoxy) is 2. The normalized spacial score (nSPS) is 28.2. The van der Waals surface area contributed by atoms with Gasteiger partial charge in [-0.1, -0.05) is 103 Å². The maximum absolute atomic E-state index is 13.3. The van der Waals surface area contributed by atoms with Gasteiger partial charge >= 0.3 is 5.97 Å². The van der Waals surface area contributed by atoms with Gasteiger partial charge in [-0.15, -0.1) is 23.4 Å².